The van der Waals surface area contributed by atoms with Crippen molar-refractivity contribution in [2.75, 3.05) is 6.54 Å². The van der Waals surface area contributed by atoms with E-state index in [0.29, 0.717) is 5.56 Å². The Hall–Kier alpha value is -2.30. The molecule has 0 aromatic heterocycles. The van der Waals surface area contributed by atoms with Crippen LogP contribution in [0.5, 0.6) is 0 Å². The first-order valence-electron chi connectivity index (χ1n) is 7.98. The van der Waals surface area contributed by atoms with Gasteiger partial charge in [0.05, 0.1) is 12.0 Å². The van der Waals surface area contributed by atoms with Gasteiger partial charge in [-0.2, -0.15) is 0 Å². The number of carbonyl (C=O) groups excluding carboxylic acids is 1. The first kappa shape index (κ1) is 15.6. The molecule has 1 saturated heterocycles. The normalized spacial score (nSPS) is 21.4. The van der Waals surface area contributed by atoms with E-state index in [0.717, 1.165) is 37.3 Å². The van der Waals surface area contributed by atoms with Crippen LogP contribution >= 0.6 is 0 Å². The smallest absolute Gasteiger partial charge is 0.242 e. The summed E-state index contributed by atoms with van der Waals surface area (Å²) in [7, 11) is 0. The van der Waals surface area contributed by atoms with Gasteiger partial charge < -0.3 is 15.0 Å². The van der Waals surface area contributed by atoms with Crippen LogP contribution in [-0.4, -0.2) is 23.4 Å². The Balaban J connectivity index is 1.63. The third-order valence-electron chi connectivity index (χ3n) is 4.35. The van der Waals surface area contributed by atoms with Crippen molar-refractivity contribution in [3.63, 3.8) is 0 Å². The molecule has 0 saturated carbocycles. The average molecular weight is 316 g/mol. The lowest BCUT2D eigenvalue weighted by Gasteiger charge is -2.27. The van der Waals surface area contributed by atoms with Gasteiger partial charge in [-0.1, -0.05) is 18.2 Å². The topological polar surface area (TPSA) is 41.6 Å². The third kappa shape index (κ3) is 3.38. The van der Waals surface area contributed by atoms with E-state index in [1.807, 2.05) is 13.0 Å². The summed E-state index contributed by atoms with van der Waals surface area (Å²) >= 11 is 0. The maximum absolute atomic E-state index is 13.6. The van der Waals surface area contributed by atoms with E-state index in [1.165, 1.54) is 6.07 Å². The fourth-order valence-corrected chi connectivity index (χ4v) is 3.06. The molecule has 2 aliphatic rings. The minimum absolute atomic E-state index is 0.0980. The summed E-state index contributed by atoms with van der Waals surface area (Å²) in [6.07, 6.45) is 6.41. The standard InChI is InChI=1S/C18H21FN2O2/c1-13(18(22)20-12-14-6-2-3-7-15(14)19)21-10-4-8-16(21)17-9-5-11-23-17/h2-3,5-7,11,13H,4,8-10,12H2,1H3,(H,20,22)/t13-/m0/s1. The molecule has 0 spiro atoms. The van der Waals surface area contributed by atoms with Crippen LogP contribution in [0.25, 0.3) is 0 Å². The number of hydrogen-bond donors (Lipinski definition) is 1. The molecule has 5 heteroatoms. The molecule has 2 heterocycles. The van der Waals surface area contributed by atoms with E-state index in [2.05, 4.69) is 10.2 Å². The van der Waals surface area contributed by atoms with Crippen molar-refractivity contribution in [3.8, 4) is 0 Å². The Labute approximate surface area is 135 Å². The number of nitrogens with one attached hydrogen (secondary N) is 1. The predicted octanol–water partition coefficient (Wildman–Crippen LogP) is 3.07. The Morgan fingerprint density at radius 3 is 3.00 bits per heavy atom. The summed E-state index contributed by atoms with van der Waals surface area (Å²) in [5.74, 6) is 0.547. The molecular weight excluding hydrogens is 295 g/mol. The summed E-state index contributed by atoms with van der Waals surface area (Å²) in [5.41, 5.74) is 1.61. The summed E-state index contributed by atoms with van der Waals surface area (Å²) in [6.45, 7) is 2.93. The highest BCUT2D eigenvalue weighted by Gasteiger charge is 2.30. The molecule has 0 unspecified atom stereocenters. The van der Waals surface area contributed by atoms with E-state index in [9.17, 15) is 9.18 Å². The highest BCUT2D eigenvalue weighted by molar-refractivity contribution is 5.81. The van der Waals surface area contributed by atoms with E-state index in [1.54, 1.807) is 24.5 Å². The zero-order valence-electron chi connectivity index (χ0n) is 13.2. The van der Waals surface area contributed by atoms with Gasteiger partial charge in [0.25, 0.3) is 0 Å². The largest absolute Gasteiger partial charge is 0.468 e. The zero-order chi connectivity index (χ0) is 16.2. The number of nitrogens with zero attached hydrogens (tertiary/aromatic N) is 1. The fourth-order valence-electron chi connectivity index (χ4n) is 3.06. The second-order valence-electron chi connectivity index (χ2n) is 5.85. The molecular formula is C18H21FN2O2. The Morgan fingerprint density at radius 2 is 2.26 bits per heavy atom. The SMILES string of the molecule is C[C@@H](C(=O)NCc1ccccc1F)N1CCCC1=C1CC=CO1. The molecule has 0 bridgehead atoms. The predicted molar refractivity (Wildman–Crippen MR) is 85.5 cm³/mol. The third-order valence-corrected chi connectivity index (χ3v) is 4.35. The second kappa shape index (κ2) is 6.86. The Kier molecular flexibility index (Phi) is 4.65. The molecule has 1 atom stereocenters. The van der Waals surface area contributed by atoms with Gasteiger partial charge in [-0.3, -0.25) is 4.79 Å². The second-order valence-corrected chi connectivity index (χ2v) is 5.85. The lowest BCUT2D eigenvalue weighted by Crippen LogP contribution is -2.43. The molecule has 23 heavy (non-hydrogen) atoms. The van der Waals surface area contributed by atoms with Crippen molar-refractivity contribution in [2.45, 2.75) is 38.8 Å². The quantitative estimate of drug-likeness (QED) is 0.928. The zero-order valence-corrected chi connectivity index (χ0v) is 13.2. The van der Waals surface area contributed by atoms with E-state index < -0.39 is 0 Å². The molecule has 2 aliphatic heterocycles. The maximum atomic E-state index is 13.6. The van der Waals surface area contributed by atoms with Gasteiger partial charge in [0, 0.05) is 25.1 Å². The number of carbonyl (C=O) groups is 1. The first-order valence-corrected chi connectivity index (χ1v) is 7.98. The van der Waals surface area contributed by atoms with Gasteiger partial charge in [0.15, 0.2) is 0 Å². The number of hydrogen-bond acceptors (Lipinski definition) is 3. The van der Waals surface area contributed by atoms with E-state index >= 15 is 0 Å². The molecule has 0 radical (unpaired) electrons. The van der Waals surface area contributed by atoms with Crippen molar-refractivity contribution in [1.82, 2.24) is 10.2 Å². The lowest BCUT2D eigenvalue weighted by molar-refractivity contribution is -0.125. The fraction of sp³-hybridized carbons (Fsp3) is 0.389. The number of rotatable bonds is 4. The van der Waals surface area contributed by atoms with Crippen LogP contribution in [0, 0.1) is 5.82 Å². The Morgan fingerprint density at radius 1 is 1.43 bits per heavy atom. The van der Waals surface area contributed by atoms with Crippen LogP contribution in [0.4, 0.5) is 4.39 Å². The molecule has 1 fully saturated rings. The van der Waals surface area contributed by atoms with Crippen LogP contribution in [0.1, 0.15) is 31.7 Å². The van der Waals surface area contributed by atoms with Crippen LogP contribution in [0.2, 0.25) is 0 Å². The molecule has 1 N–H and O–H groups in total. The minimum atomic E-state index is -0.296. The monoisotopic (exact) mass is 316 g/mol. The molecule has 3 rings (SSSR count). The Bertz CT molecular complexity index is 644. The summed E-state index contributed by atoms with van der Waals surface area (Å²) < 4.78 is 19.1. The van der Waals surface area contributed by atoms with Gasteiger partial charge in [-0.05, 0) is 31.9 Å². The van der Waals surface area contributed by atoms with Gasteiger partial charge in [0.1, 0.15) is 17.6 Å². The molecule has 1 aromatic rings. The van der Waals surface area contributed by atoms with Gasteiger partial charge >= 0.3 is 0 Å². The van der Waals surface area contributed by atoms with E-state index in [-0.39, 0.29) is 24.3 Å². The number of likely N-dealkylation sites (tertiary alicyclic amines) is 1. The van der Waals surface area contributed by atoms with Gasteiger partial charge in [-0.25, -0.2) is 4.39 Å². The molecule has 1 amide bonds. The number of allylic oxidation sites excluding steroid dienone is 2. The lowest BCUT2D eigenvalue weighted by atomic mass is 10.2. The highest BCUT2D eigenvalue weighted by Crippen LogP contribution is 2.30. The minimum Gasteiger partial charge on any atom is -0.468 e. The van der Waals surface area contributed by atoms with Crippen LogP contribution in [0.15, 0.2) is 48.1 Å². The molecule has 1 aromatic carbocycles. The maximum Gasteiger partial charge on any atom is 0.242 e. The van der Waals surface area contributed by atoms with Crippen molar-refractivity contribution in [3.05, 3.63) is 59.4 Å². The molecule has 4 nitrogen and oxygen atoms in total. The highest BCUT2D eigenvalue weighted by atomic mass is 19.1. The summed E-state index contributed by atoms with van der Waals surface area (Å²) in [6, 6.07) is 6.19. The van der Waals surface area contributed by atoms with Crippen LogP contribution in [0.3, 0.4) is 0 Å². The first-order chi connectivity index (χ1) is 11.2. The van der Waals surface area contributed by atoms with Crippen LogP contribution < -0.4 is 5.32 Å². The van der Waals surface area contributed by atoms with Crippen LogP contribution in [-0.2, 0) is 16.1 Å². The van der Waals surface area contributed by atoms with Crippen molar-refractivity contribution in [2.24, 2.45) is 0 Å². The average Bonchev–Trinajstić information content (AvgIpc) is 3.23. The number of ether oxygens (including phenoxy) is 1. The number of halogens is 1. The number of amides is 1. The van der Waals surface area contributed by atoms with Gasteiger partial charge in [-0.15, -0.1) is 0 Å². The van der Waals surface area contributed by atoms with Gasteiger partial charge in [0.2, 0.25) is 5.91 Å². The summed E-state index contributed by atoms with van der Waals surface area (Å²) in [4.78, 5) is 14.5. The van der Waals surface area contributed by atoms with Crippen molar-refractivity contribution >= 4 is 5.91 Å². The van der Waals surface area contributed by atoms with Crippen molar-refractivity contribution in [1.29, 1.82) is 0 Å². The van der Waals surface area contributed by atoms with E-state index in [4.69, 9.17) is 4.74 Å². The molecule has 0 aliphatic carbocycles. The summed E-state index contributed by atoms with van der Waals surface area (Å²) in [5, 5.41) is 2.83. The van der Waals surface area contributed by atoms with Crippen molar-refractivity contribution < 1.29 is 13.9 Å². The number of benzene rings is 1. The molecule has 122 valence electrons.